The molecule has 0 bridgehead atoms. The first-order valence-corrected chi connectivity index (χ1v) is 13.6. The average Bonchev–Trinajstić information content (AvgIpc) is 3.51. The number of likely N-dealkylation sites (tertiary alicyclic amines) is 1. The minimum absolute atomic E-state index is 0.176. The van der Waals surface area contributed by atoms with E-state index >= 15 is 0 Å². The van der Waals surface area contributed by atoms with E-state index in [1.807, 2.05) is 47.9 Å². The number of rotatable bonds is 7. The van der Waals surface area contributed by atoms with Gasteiger partial charge in [0.05, 0.1) is 0 Å². The van der Waals surface area contributed by atoms with Gasteiger partial charge in [-0.1, -0.05) is 24.2 Å². The molecule has 8 heteroatoms. The summed E-state index contributed by atoms with van der Waals surface area (Å²) in [5.74, 6) is 0.450. The first-order chi connectivity index (χ1) is 17.7. The third-order valence-corrected chi connectivity index (χ3v) is 8.22. The number of aromatic nitrogens is 1. The van der Waals surface area contributed by atoms with E-state index in [9.17, 15) is 9.90 Å². The van der Waals surface area contributed by atoms with E-state index in [4.69, 9.17) is 21.4 Å². The SMILES string of the molecule is C=C(C)C(=O)O.CC1CC(c2cc3cc(Cl)ccc3s2)CCN1CC(O)COc1cccc2[nH]ccc12. The van der Waals surface area contributed by atoms with E-state index in [1.54, 1.807) is 0 Å². The zero-order chi connectivity index (χ0) is 26.5. The van der Waals surface area contributed by atoms with Crippen molar-refractivity contribution in [1.82, 2.24) is 9.88 Å². The number of thiophene rings is 1. The van der Waals surface area contributed by atoms with Crippen molar-refractivity contribution < 1.29 is 19.7 Å². The van der Waals surface area contributed by atoms with Gasteiger partial charge in [0.25, 0.3) is 0 Å². The van der Waals surface area contributed by atoms with Crippen LogP contribution in [0.25, 0.3) is 21.0 Å². The molecule has 0 aliphatic carbocycles. The summed E-state index contributed by atoms with van der Waals surface area (Å²) < 4.78 is 7.25. The molecule has 3 N–H and O–H groups in total. The molecule has 37 heavy (non-hydrogen) atoms. The average molecular weight is 541 g/mol. The fourth-order valence-corrected chi connectivity index (χ4v) is 6.05. The molecular formula is C29H33ClN2O4S. The number of carboxylic acids is 1. The van der Waals surface area contributed by atoms with Crippen molar-refractivity contribution in [2.75, 3.05) is 19.7 Å². The smallest absolute Gasteiger partial charge is 0.330 e. The molecule has 6 nitrogen and oxygen atoms in total. The molecule has 3 heterocycles. The number of nitrogens with zero attached hydrogens (tertiary/aromatic N) is 1. The highest BCUT2D eigenvalue weighted by molar-refractivity contribution is 7.19. The molecule has 0 saturated carbocycles. The standard InChI is InChI=1S/C25H27ClN2O2S.C4H6O2/c1-16-11-17(25-13-18-12-19(26)5-6-24(18)31-25)8-10-28(16)14-20(29)15-30-23-4-2-3-22-21(23)7-9-27-22;1-3(2)4(5)6/h2-7,9,12-13,16-17,20,27,29H,8,10-11,14-15H2,1H3;1H2,2H3,(H,5,6). The van der Waals surface area contributed by atoms with Gasteiger partial charge >= 0.3 is 5.97 Å². The Balaban J connectivity index is 0.000000480. The van der Waals surface area contributed by atoms with Crippen molar-refractivity contribution >= 4 is 49.9 Å². The van der Waals surface area contributed by atoms with Crippen LogP contribution in [-0.4, -0.2) is 57.9 Å². The van der Waals surface area contributed by atoms with Crippen molar-refractivity contribution in [3.05, 3.63) is 76.8 Å². The second kappa shape index (κ2) is 12.1. The number of nitrogens with one attached hydrogen (secondary N) is 1. The van der Waals surface area contributed by atoms with E-state index in [2.05, 4.69) is 41.6 Å². The largest absolute Gasteiger partial charge is 0.490 e. The van der Waals surface area contributed by atoms with Gasteiger partial charge in [-0.25, -0.2) is 4.79 Å². The zero-order valence-electron chi connectivity index (χ0n) is 21.1. The second-order valence-corrected chi connectivity index (χ2v) is 11.2. The molecule has 2 aromatic carbocycles. The van der Waals surface area contributed by atoms with Crippen LogP contribution in [0.3, 0.4) is 0 Å². The van der Waals surface area contributed by atoms with Crippen LogP contribution in [0.4, 0.5) is 0 Å². The number of aromatic amines is 1. The van der Waals surface area contributed by atoms with Crippen molar-refractivity contribution in [3.63, 3.8) is 0 Å². The Morgan fingerprint density at radius 1 is 1.30 bits per heavy atom. The number of halogens is 1. The Bertz CT molecular complexity index is 1370. The third kappa shape index (κ3) is 6.93. The summed E-state index contributed by atoms with van der Waals surface area (Å²) in [4.78, 5) is 16.6. The zero-order valence-corrected chi connectivity index (χ0v) is 22.7. The fraction of sp³-hybridized carbons (Fsp3) is 0.345. The van der Waals surface area contributed by atoms with E-state index in [1.165, 1.54) is 21.9 Å². The highest BCUT2D eigenvalue weighted by Crippen LogP contribution is 2.39. The third-order valence-electron chi connectivity index (χ3n) is 6.71. The summed E-state index contributed by atoms with van der Waals surface area (Å²) in [7, 11) is 0. The Morgan fingerprint density at radius 2 is 2.08 bits per heavy atom. The molecule has 0 spiro atoms. The second-order valence-electron chi connectivity index (χ2n) is 9.64. The van der Waals surface area contributed by atoms with Crippen LogP contribution in [0.2, 0.25) is 5.02 Å². The van der Waals surface area contributed by atoms with Gasteiger partial charge in [0.2, 0.25) is 0 Å². The summed E-state index contributed by atoms with van der Waals surface area (Å²) >= 11 is 8.04. The molecule has 0 radical (unpaired) electrons. The molecular weight excluding hydrogens is 508 g/mol. The van der Waals surface area contributed by atoms with Crippen LogP contribution >= 0.6 is 22.9 Å². The molecule has 196 valence electrons. The number of piperidine rings is 1. The summed E-state index contributed by atoms with van der Waals surface area (Å²) in [5, 5.41) is 21.6. The lowest BCUT2D eigenvalue weighted by atomic mass is 9.90. The highest BCUT2D eigenvalue weighted by Gasteiger charge is 2.28. The van der Waals surface area contributed by atoms with Gasteiger partial charge in [-0.2, -0.15) is 0 Å². The van der Waals surface area contributed by atoms with Gasteiger partial charge in [-0.15, -0.1) is 11.3 Å². The number of fused-ring (bicyclic) bond motifs is 2. The molecule has 1 fully saturated rings. The number of ether oxygens (including phenoxy) is 1. The Kier molecular flexibility index (Phi) is 8.92. The van der Waals surface area contributed by atoms with Crippen LogP contribution in [0.15, 0.2) is 66.9 Å². The van der Waals surface area contributed by atoms with E-state index in [0.717, 1.165) is 41.1 Å². The monoisotopic (exact) mass is 540 g/mol. The summed E-state index contributed by atoms with van der Waals surface area (Å²) in [6, 6.07) is 16.8. The first-order valence-electron chi connectivity index (χ1n) is 12.4. The number of aliphatic hydroxyl groups excluding tert-OH is 1. The van der Waals surface area contributed by atoms with Gasteiger partial charge in [-0.3, -0.25) is 4.90 Å². The predicted octanol–water partition coefficient (Wildman–Crippen LogP) is 6.69. The topological polar surface area (TPSA) is 85.8 Å². The van der Waals surface area contributed by atoms with Gasteiger partial charge in [0.15, 0.2) is 0 Å². The van der Waals surface area contributed by atoms with Crippen LogP contribution < -0.4 is 4.74 Å². The number of benzene rings is 2. The molecule has 1 aliphatic rings. The van der Waals surface area contributed by atoms with Crippen molar-refractivity contribution in [3.8, 4) is 5.75 Å². The summed E-state index contributed by atoms with van der Waals surface area (Å²) in [5.41, 5.74) is 1.22. The maximum Gasteiger partial charge on any atom is 0.330 e. The summed E-state index contributed by atoms with van der Waals surface area (Å²) in [6.45, 7) is 8.80. The molecule has 5 rings (SSSR count). The van der Waals surface area contributed by atoms with Gasteiger partial charge in [0.1, 0.15) is 18.5 Å². The van der Waals surface area contributed by atoms with E-state index in [-0.39, 0.29) is 5.57 Å². The number of aliphatic carboxylic acids is 1. The maximum atomic E-state index is 10.6. The number of β-amino-alcohol motifs (C(OH)–C–C–N with tert-alkyl or cyclic N) is 1. The van der Waals surface area contributed by atoms with Gasteiger partial charge < -0.3 is 19.9 Å². The molecule has 3 atom stereocenters. The van der Waals surface area contributed by atoms with Crippen LogP contribution in [0, 0.1) is 0 Å². The minimum Gasteiger partial charge on any atom is -0.490 e. The number of aliphatic hydroxyl groups is 1. The van der Waals surface area contributed by atoms with Gasteiger partial charge in [0, 0.05) is 49.9 Å². The molecule has 1 aliphatic heterocycles. The lowest BCUT2D eigenvalue weighted by Crippen LogP contribution is -2.45. The summed E-state index contributed by atoms with van der Waals surface area (Å²) in [6.07, 6.45) is 3.61. The molecule has 3 unspecified atom stereocenters. The van der Waals surface area contributed by atoms with Crippen LogP contribution in [0.1, 0.15) is 37.5 Å². The van der Waals surface area contributed by atoms with E-state index < -0.39 is 12.1 Å². The Hall–Kier alpha value is -2.84. The highest BCUT2D eigenvalue weighted by atomic mass is 35.5. The number of H-pyrrole nitrogens is 1. The van der Waals surface area contributed by atoms with Crippen molar-refractivity contribution in [2.45, 2.75) is 44.8 Å². The van der Waals surface area contributed by atoms with Crippen molar-refractivity contribution in [2.24, 2.45) is 0 Å². The number of hydrogen-bond acceptors (Lipinski definition) is 5. The van der Waals surface area contributed by atoms with Gasteiger partial charge in [-0.05, 0) is 87.0 Å². The lowest BCUT2D eigenvalue weighted by molar-refractivity contribution is -0.132. The first kappa shape index (κ1) is 27.2. The Morgan fingerprint density at radius 3 is 2.81 bits per heavy atom. The predicted molar refractivity (Wildman–Crippen MR) is 152 cm³/mol. The van der Waals surface area contributed by atoms with Crippen LogP contribution in [-0.2, 0) is 4.79 Å². The number of carbonyl (C=O) groups is 1. The van der Waals surface area contributed by atoms with Crippen molar-refractivity contribution in [1.29, 1.82) is 0 Å². The fourth-order valence-electron chi connectivity index (χ4n) is 4.68. The molecule has 4 aromatic rings. The normalized spacial score (nSPS) is 18.8. The molecule has 1 saturated heterocycles. The maximum absolute atomic E-state index is 10.6. The lowest BCUT2D eigenvalue weighted by Gasteiger charge is -2.38. The van der Waals surface area contributed by atoms with Crippen LogP contribution in [0.5, 0.6) is 5.75 Å². The molecule has 0 amide bonds. The Labute approximate surface area is 226 Å². The number of carboxylic acid groups (broad SMARTS) is 1. The minimum atomic E-state index is -0.935. The van der Waals surface area contributed by atoms with E-state index in [0.29, 0.717) is 25.1 Å². The molecule has 2 aromatic heterocycles. The number of hydrogen-bond donors (Lipinski definition) is 3. The quantitative estimate of drug-likeness (QED) is 0.227.